The van der Waals surface area contributed by atoms with E-state index in [4.69, 9.17) is 4.74 Å². The molecule has 0 spiro atoms. The Morgan fingerprint density at radius 2 is 1.68 bits per heavy atom. The van der Waals surface area contributed by atoms with Gasteiger partial charge in [0.25, 0.3) is 5.91 Å². The lowest BCUT2D eigenvalue weighted by Gasteiger charge is -2.33. The van der Waals surface area contributed by atoms with Crippen molar-refractivity contribution in [1.82, 2.24) is 10.2 Å². The van der Waals surface area contributed by atoms with Crippen molar-refractivity contribution in [2.24, 2.45) is 0 Å². The van der Waals surface area contributed by atoms with E-state index in [0.29, 0.717) is 37.4 Å². The summed E-state index contributed by atoms with van der Waals surface area (Å²) in [4.78, 5) is 53.5. The Morgan fingerprint density at radius 1 is 0.951 bits per heavy atom. The lowest BCUT2D eigenvalue weighted by molar-refractivity contribution is -0.134. The molecule has 0 saturated carbocycles. The van der Waals surface area contributed by atoms with Gasteiger partial charge in [0.05, 0.1) is 5.69 Å². The number of ether oxygens (including phenoxy) is 1. The first-order valence-corrected chi connectivity index (χ1v) is 14.4. The fourth-order valence-corrected chi connectivity index (χ4v) is 6.31. The van der Waals surface area contributed by atoms with Gasteiger partial charge in [0.15, 0.2) is 0 Å². The van der Waals surface area contributed by atoms with E-state index in [0.717, 1.165) is 34.9 Å². The molecule has 3 aliphatic heterocycles. The Hall–Kier alpha value is -4.20. The number of benzene rings is 3. The summed E-state index contributed by atoms with van der Waals surface area (Å²) in [6, 6.07) is 17.7. The average Bonchev–Trinajstić information content (AvgIpc) is 3.22. The molecule has 1 unspecified atom stereocenters. The van der Waals surface area contributed by atoms with Crippen LogP contribution in [-0.2, 0) is 20.7 Å². The smallest absolute Gasteiger partial charge is 0.410 e. The highest BCUT2D eigenvalue weighted by molar-refractivity contribution is 6.27. The molecule has 0 aromatic heterocycles. The first kappa shape index (κ1) is 27.0. The van der Waals surface area contributed by atoms with Crippen molar-refractivity contribution in [3.63, 3.8) is 0 Å². The fraction of sp³-hybridized carbons (Fsp3) is 0.394. The number of imide groups is 1. The van der Waals surface area contributed by atoms with Crippen molar-refractivity contribution in [1.29, 1.82) is 0 Å². The summed E-state index contributed by atoms with van der Waals surface area (Å²) in [7, 11) is 0. The average molecular weight is 554 g/mol. The summed E-state index contributed by atoms with van der Waals surface area (Å²) < 4.78 is 5.53. The van der Waals surface area contributed by atoms with Crippen molar-refractivity contribution in [2.75, 3.05) is 18.0 Å². The molecule has 1 atom stereocenters. The zero-order valence-electron chi connectivity index (χ0n) is 23.7. The zero-order valence-corrected chi connectivity index (χ0v) is 23.7. The van der Waals surface area contributed by atoms with Crippen molar-refractivity contribution in [3.8, 4) is 0 Å². The predicted molar refractivity (Wildman–Crippen MR) is 156 cm³/mol. The summed E-state index contributed by atoms with van der Waals surface area (Å²) in [5.41, 5.74) is 4.40. The molecule has 3 heterocycles. The van der Waals surface area contributed by atoms with E-state index in [1.54, 1.807) is 9.80 Å². The molecule has 8 nitrogen and oxygen atoms in total. The van der Waals surface area contributed by atoms with E-state index in [2.05, 4.69) is 29.6 Å². The second-order valence-corrected chi connectivity index (χ2v) is 12.3. The van der Waals surface area contributed by atoms with Gasteiger partial charge in [-0.3, -0.25) is 24.6 Å². The molecule has 3 aromatic carbocycles. The molecule has 0 bridgehead atoms. The first-order valence-electron chi connectivity index (χ1n) is 14.4. The molecule has 2 saturated heterocycles. The van der Waals surface area contributed by atoms with Crippen LogP contribution in [0.15, 0.2) is 54.6 Å². The van der Waals surface area contributed by atoms with E-state index in [9.17, 15) is 19.2 Å². The Kier molecular flexibility index (Phi) is 6.80. The largest absolute Gasteiger partial charge is 0.444 e. The summed E-state index contributed by atoms with van der Waals surface area (Å²) in [5, 5.41) is 4.25. The second kappa shape index (κ2) is 10.3. The quantitative estimate of drug-likeness (QED) is 0.442. The number of nitrogens with one attached hydrogen (secondary N) is 1. The number of carbonyl (C=O) groups excluding carboxylic acids is 4. The van der Waals surface area contributed by atoms with E-state index in [-0.39, 0.29) is 24.3 Å². The van der Waals surface area contributed by atoms with Crippen LogP contribution in [0.25, 0.3) is 10.8 Å². The maximum Gasteiger partial charge on any atom is 0.410 e. The van der Waals surface area contributed by atoms with Gasteiger partial charge in [-0.2, -0.15) is 0 Å². The molecular weight excluding hydrogens is 518 g/mol. The van der Waals surface area contributed by atoms with Gasteiger partial charge in [0.1, 0.15) is 11.6 Å². The van der Waals surface area contributed by atoms with E-state index < -0.39 is 17.6 Å². The van der Waals surface area contributed by atoms with Crippen molar-refractivity contribution in [2.45, 2.75) is 70.4 Å². The lowest BCUT2D eigenvalue weighted by Crippen LogP contribution is -2.53. The third-order valence-corrected chi connectivity index (χ3v) is 8.33. The van der Waals surface area contributed by atoms with Crippen molar-refractivity contribution >= 4 is 40.3 Å². The number of nitrogens with zero attached hydrogens (tertiary/aromatic N) is 2. The number of rotatable bonds is 4. The molecule has 4 amide bonds. The molecule has 6 rings (SSSR count). The number of anilines is 1. The SMILES string of the molecule is CC(C)(C)OC(=O)N1CCC(c2ccc(Cc3ccc4c5c(cccc35)C(=O)N4C3CCC(=O)NC3=O)cc2)CC1. The topological polar surface area (TPSA) is 96.0 Å². The van der Waals surface area contributed by atoms with E-state index in [1.807, 2.05) is 51.1 Å². The Balaban J connectivity index is 1.17. The van der Waals surface area contributed by atoms with Gasteiger partial charge in [-0.25, -0.2) is 4.79 Å². The van der Waals surface area contributed by atoms with Gasteiger partial charge >= 0.3 is 6.09 Å². The number of piperidine rings is 2. The molecule has 41 heavy (non-hydrogen) atoms. The summed E-state index contributed by atoms with van der Waals surface area (Å²) in [5.74, 6) is -0.508. The fourth-order valence-electron chi connectivity index (χ4n) is 6.31. The standard InChI is InChI=1S/C33H35N3O5/c1-33(2,3)41-32(40)35-17-15-22(16-18-35)21-9-7-20(8-10-21)19-23-11-12-26-29-24(23)5-4-6-25(29)31(39)36(26)27-13-14-28(37)34-30(27)38/h4-12,22,27H,13-19H2,1-3H3,(H,34,37,38). The number of amides is 4. The van der Waals surface area contributed by atoms with E-state index >= 15 is 0 Å². The molecule has 3 aromatic rings. The zero-order chi connectivity index (χ0) is 28.9. The van der Waals surface area contributed by atoms with Gasteiger partial charge in [-0.15, -0.1) is 0 Å². The van der Waals surface area contributed by atoms with Crippen LogP contribution in [-0.4, -0.2) is 53.4 Å². The number of carbonyl (C=O) groups is 4. The van der Waals surface area contributed by atoms with Crippen LogP contribution in [0.3, 0.4) is 0 Å². The highest BCUT2D eigenvalue weighted by atomic mass is 16.6. The normalized spacial score (nSPS) is 19.6. The van der Waals surface area contributed by atoms with Gasteiger partial charge in [-0.05, 0) is 86.6 Å². The third-order valence-electron chi connectivity index (χ3n) is 8.33. The Morgan fingerprint density at radius 3 is 2.37 bits per heavy atom. The Bertz CT molecular complexity index is 1550. The minimum atomic E-state index is -0.690. The molecule has 212 valence electrons. The molecule has 2 fully saturated rings. The Labute approximate surface area is 239 Å². The molecule has 0 aliphatic carbocycles. The van der Waals surface area contributed by atoms with Crippen LogP contribution in [0, 0.1) is 0 Å². The van der Waals surface area contributed by atoms with Crippen LogP contribution < -0.4 is 10.2 Å². The number of likely N-dealkylation sites (tertiary alicyclic amines) is 1. The lowest BCUT2D eigenvalue weighted by atomic mass is 9.88. The van der Waals surface area contributed by atoms with E-state index in [1.165, 1.54) is 11.1 Å². The summed E-state index contributed by atoms with van der Waals surface area (Å²) >= 11 is 0. The van der Waals surface area contributed by atoms with Crippen LogP contribution in [0.2, 0.25) is 0 Å². The summed E-state index contributed by atoms with van der Waals surface area (Å²) in [6.07, 6.45) is 2.83. The second-order valence-electron chi connectivity index (χ2n) is 12.3. The van der Waals surface area contributed by atoms with Crippen molar-refractivity contribution in [3.05, 3.63) is 76.9 Å². The van der Waals surface area contributed by atoms with Crippen molar-refractivity contribution < 1.29 is 23.9 Å². The van der Waals surface area contributed by atoms with Gasteiger partial charge in [0.2, 0.25) is 11.8 Å². The van der Waals surface area contributed by atoms with Crippen LogP contribution in [0.5, 0.6) is 0 Å². The highest BCUT2D eigenvalue weighted by Gasteiger charge is 2.40. The van der Waals surface area contributed by atoms with Gasteiger partial charge < -0.3 is 9.64 Å². The maximum absolute atomic E-state index is 13.4. The molecule has 1 N–H and O–H groups in total. The molecule has 3 aliphatic rings. The van der Waals surface area contributed by atoms with Crippen LogP contribution in [0.1, 0.15) is 79.4 Å². The highest BCUT2D eigenvalue weighted by Crippen LogP contribution is 2.41. The minimum absolute atomic E-state index is 0.195. The van der Waals surface area contributed by atoms with Crippen LogP contribution >= 0.6 is 0 Å². The molecule has 8 heteroatoms. The molecule has 0 radical (unpaired) electrons. The molecular formula is C33H35N3O5. The van der Waals surface area contributed by atoms with Gasteiger partial charge in [-0.1, -0.05) is 42.5 Å². The summed E-state index contributed by atoms with van der Waals surface area (Å²) in [6.45, 7) is 7.04. The minimum Gasteiger partial charge on any atom is -0.444 e. The first-order chi connectivity index (χ1) is 19.6. The number of hydrogen-bond donors (Lipinski definition) is 1. The monoisotopic (exact) mass is 553 g/mol. The number of hydrogen-bond acceptors (Lipinski definition) is 5. The van der Waals surface area contributed by atoms with Crippen LogP contribution in [0.4, 0.5) is 10.5 Å². The maximum atomic E-state index is 13.4. The predicted octanol–water partition coefficient (Wildman–Crippen LogP) is 5.31. The van der Waals surface area contributed by atoms with Gasteiger partial charge in [0, 0.05) is 30.5 Å². The third kappa shape index (κ3) is 5.19.